The third kappa shape index (κ3) is 6.81. The van der Waals surface area contributed by atoms with Crippen LogP contribution in [0.4, 0.5) is 22.0 Å². The van der Waals surface area contributed by atoms with E-state index in [0.717, 1.165) is 21.4 Å². The number of aromatic nitrogens is 6. The second-order valence-corrected chi connectivity index (χ2v) is 7.48. The maximum atomic E-state index is 12.8. The first-order chi connectivity index (χ1) is 16.3. The van der Waals surface area contributed by atoms with Crippen LogP contribution in [-0.2, 0) is 11.3 Å². The van der Waals surface area contributed by atoms with Crippen molar-refractivity contribution in [3.05, 3.63) is 58.7 Å². The van der Waals surface area contributed by atoms with Gasteiger partial charge in [0.2, 0.25) is 0 Å². The van der Waals surface area contributed by atoms with E-state index in [1.165, 1.54) is 10.9 Å². The minimum absolute atomic E-state index is 0.244. The van der Waals surface area contributed by atoms with Crippen molar-refractivity contribution in [1.29, 1.82) is 0 Å². The minimum Gasteiger partial charge on any atom is -0.475 e. The summed E-state index contributed by atoms with van der Waals surface area (Å²) in [4.78, 5) is 25.8. The van der Waals surface area contributed by atoms with Crippen LogP contribution in [0.25, 0.3) is 16.9 Å². The number of aliphatic carboxylic acids is 1. The van der Waals surface area contributed by atoms with Crippen molar-refractivity contribution in [1.82, 2.24) is 29.1 Å². The van der Waals surface area contributed by atoms with Crippen LogP contribution in [0.3, 0.4) is 0 Å². The molecule has 0 radical (unpaired) electrons. The third-order valence-electron chi connectivity index (χ3n) is 4.57. The SMILES string of the molecule is Cc1cc(-c2cnn(C(C)C)c2)cnc1-n1cnn(CC(CN)=C(F)F)c1=O.O=C(O)C(F)(F)F. The average Bonchev–Trinajstić information content (AvgIpc) is 3.39. The Labute approximate surface area is 195 Å². The van der Waals surface area contributed by atoms with Crippen LogP contribution < -0.4 is 11.4 Å². The predicted molar refractivity (Wildman–Crippen MR) is 114 cm³/mol. The molecule has 0 amide bonds. The molecule has 3 aromatic heterocycles. The molecule has 3 aromatic rings. The normalized spacial score (nSPS) is 11.3. The molecule has 190 valence electrons. The van der Waals surface area contributed by atoms with E-state index < -0.39 is 23.9 Å². The van der Waals surface area contributed by atoms with Gasteiger partial charge in [-0.3, -0.25) is 4.68 Å². The summed E-state index contributed by atoms with van der Waals surface area (Å²) in [7, 11) is 0. The average molecular weight is 503 g/mol. The fourth-order valence-corrected chi connectivity index (χ4v) is 2.72. The number of hydrogen-bond acceptors (Lipinski definition) is 6. The van der Waals surface area contributed by atoms with Crippen molar-refractivity contribution >= 4 is 5.97 Å². The van der Waals surface area contributed by atoms with Gasteiger partial charge in [-0.25, -0.2) is 23.8 Å². The van der Waals surface area contributed by atoms with Gasteiger partial charge in [0.15, 0.2) is 0 Å². The van der Waals surface area contributed by atoms with Gasteiger partial charge in [-0.05, 0) is 32.4 Å². The predicted octanol–water partition coefficient (Wildman–Crippen LogP) is 2.92. The van der Waals surface area contributed by atoms with Crippen molar-refractivity contribution in [2.24, 2.45) is 5.73 Å². The van der Waals surface area contributed by atoms with Crippen molar-refractivity contribution in [2.75, 3.05) is 6.54 Å². The number of halogens is 5. The first kappa shape index (κ1) is 27.4. The second-order valence-electron chi connectivity index (χ2n) is 7.48. The highest BCUT2D eigenvalue weighted by Crippen LogP contribution is 2.22. The van der Waals surface area contributed by atoms with Gasteiger partial charge in [0.25, 0.3) is 6.08 Å². The fraction of sp³-hybridized carbons (Fsp3) is 0.350. The molecule has 0 aromatic carbocycles. The van der Waals surface area contributed by atoms with E-state index in [2.05, 4.69) is 15.2 Å². The lowest BCUT2D eigenvalue weighted by Gasteiger charge is -2.07. The zero-order chi connectivity index (χ0) is 26.5. The molecular formula is C20H22F5N7O3. The van der Waals surface area contributed by atoms with Crippen LogP contribution >= 0.6 is 0 Å². The topological polar surface area (TPSA) is 134 Å². The van der Waals surface area contributed by atoms with Crippen LogP contribution in [0, 0.1) is 6.92 Å². The van der Waals surface area contributed by atoms with Gasteiger partial charge in [-0.1, -0.05) is 0 Å². The summed E-state index contributed by atoms with van der Waals surface area (Å²) in [6, 6.07) is 2.13. The number of carboxylic acid groups (broad SMARTS) is 1. The Morgan fingerprint density at radius 3 is 2.26 bits per heavy atom. The van der Waals surface area contributed by atoms with Crippen molar-refractivity contribution in [3.8, 4) is 16.9 Å². The Kier molecular flexibility index (Phi) is 8.62. The largest absolute Gasteiger partial charge is 0.490 e. The molecule has 3 heterocycles. The number of alkyl halides is 3. The Hall–Kier alpha value is -3.88. The van der Waals surface area contributed by atoms with Gasteiger partial charge in [0, 0.05) is 41.7 Å². The Morgan fingerprint density at radius 2 is 1.80 bits per heavy atom. The molecule has 15 heteroatoms. The summed E-state index contributed by atoms with van der Waals surface area (Å²) >= 11 is 0. The number of nitrogens with zero attached hydrogens (tertiary/aromatic N) is 6. The smallest absolute Gasteiger partial charge is 0.475 e. The summed E-state index contributed by atoms with van der Waals surface area (Å²) in [6.45, 7) is 5.17. The Morgan fingerprint density at radius 1 is 1.17 bits per heavy atom. The molecule has 0 spiro atoms. The summed E-state index contributed by atoms with van der Waals surface area (Å²) in [5, 5.41) is 15.3. The summed E-state index contributed by atoms with van der Waals surface area (Å²) < 4.78 is 61.3. The molecule has 0 unspecified atom stereocenters. The summed E-state index contributed by atoms with van der Waals surface area (Å²) in [5.41, 5.74) is 6.91. The zero-order valence-electron chi connectivity index (χ0n) is 18.8. The Bertz CT molecular complexity index is 1270. The number of carboxylic acids is 1. The summed E-state index contributed by atoms with van der Waals surface area (Å²) in [5.74, 6) is -2.37. The molecule has 0 aliphatic rings. The van der Waals surface area contributed by atoms with Crippen molar-refractivity contribution in [2.45, 2.75) is 39.5 Å². The molecule has 3 N–H and O–H groups in total. The lowest BCUT2D eigenvalue weighted by molar-refractivity contribution is -0.192. The molecule has 0 bridgehead atoms. The molecule has 10 nitrogen and oxygen atoms in total. The zero-order valence-corrected chi connectivity index (χ0v) is 18.8. The highest BCUT2D eigenvalue weighted by atomic mass is 19.4. The molecule has 0 saturated carbocycles. The van der Waals surface area contributed by atoms with Crippen molar-refractivity contribution < 1.29 is 31.9 Å². The lowest BCUT2D eigenvalue weighted by Crippen LogP contribution is -2.27. The molecule has 3 rings (SSSR count). The van der Waals surface area contributed by atoms with Crippen LogP contribution in [0.15, 0.2) is 47.4 Å². The van der Waals surface area contributed by atoms with Crippen LogP contribution in [-0.4, -0.2) is 52.9 Å². The van der Waals surface area contributed by atoms with E-state index in [1.807, 2.05) is 37.7 Å². The third-order valence-corrected chi connectivity index (χ3v) is 4.57. The highest BCUT2D eigenvalue weighted by molar-refractivity contribution is 5.73. The van der Waals surface area contributed by atoms with Crippen LogP contribution in [0.1, 0.15) is 25.5 Å². The molecule has 0 aliphatic carbocycles. The number of pyridine rings is 1. The minimum atomic E-state index is -5.08. The van der Waals surface area contributed by atoms with Gasteiger partial charge >= 0.3 is 17.8 Å². The first-order valence-electron chi connectivity index (χ1n) is 9.95. The lowest BCUT2D eigenvalue weighted by atomic mass is 10.1. The number of carbonyl (C=O) groups is 1. The molecule has 0 fully saturated rings. The van der Waals surface area contributed by atoms with Gasteiger partial charge < -0.3 is 10.8 Å². The van der Waals surface area contributed by atoms with Crippen molar-refractivity contribution in [3.63, 3.8) is 0 Å². The highest BCUT2D eigenvalue weighted by Gasteiger charge is 2.38. The quantitative estimate of drug-likeness (QED) is 0.494. The van der Waals surface area contributed by atoms with E-state index in [9.17, 15) is 26.7 Å². The van der Waals surface area contributed by atoms with Crippen LogP contribution in [0.2, 0.25) is 0 Å². The fourth-order valence-electron chi connectivity index (χ4n) is 2.72. The van der Waals surface area contributed by atoms with E-state index >= 15 is 0 Å². The van der Waals surface area contributed by atoms with E-state index in [0.29, 0.717) is 5.82 Å². The monoisotopic (exact) mass is 503 g/mol. The number of aryl methyl sites for hydroxylation is 1. The molecule has 0 aliphatic heterocycles. The summed E-state index contributed by atoms with van der Waals surface area (Å²) in [6.07, 6.45) is -0.396. The van der Waals surface area contributed by atoms with E-state index in [-0.39, 0.29) is 24.7 Å². The van der Waals surface area contributed by atoms with Gasteiger partial charge in [0.1, 0.15) is 12.1 Å². The maximum absolute atomic E-state index is 12.8. The molecular weight excluding hydrogens is 481 g/mol. The number of hydrogen-bond donors (Lipinski definition) is 2. The van der Waals surface area contributed by atoms with Gasteiger partial charge in [-0.2, -0.15) is 32.1 Å². The molecule has 0 saturated heterocycles. The second kappa shape index (κ2) is 11.0. The first-order valence-corrected chi connectivity index (χ1v) is 9.95. The van der Waals surface area contributed by atoms with Crippen LogP contribution in [0.5, 0.6) is 0 Å². The van der Waals surface area contributed by atoms with Gasteiger partial charge in [0.05, 0.1) is 12.7 Å². The molecule has 0 atom stereocenters. The Balaban J connectivity index is 0.000000540. The standard InChI is InChI=1S/C18H21F2N7O.C2HF3O2/c1-11(2)26-9-15(7-23-26)13-4-12(3)17(22-6-13)25-10-24-27(18(25)28)8-14(5-21)16(19)20;3-2(4,5)1(6)7/h4,6-7,9-11H,5,8,21H2,1-3H3;(H,6,7). The number of rotatable bonds is 6. The van der Waals surface area contributed by atoms with E-state index in [1.54, 1.807) is 12.4 Å². The number of nitrogens with two attached hydrogens (primary N) is 1. The maximum Gasteiger partial charge on any atom is 0.490 e. The van der Waals surface area contributed by atoms with E-state index in [4.69, 9.17) is 15.6 Å². The molecule has 35 heavy (non-hydrogen) atoms. The van der Waals surface area contributed by atoms with Gasteiger partial charge in [-0.15, -0.1) is 0 Å².